The van der Waals surface area contributed by atoms with E-state index < -0.39 is 0 Å². The molecule has 31 heavy (non-hydrogen) atoms. The number of aromatic nitrogens is 2. The van der Waals surface area contributed by atoms with E-state index in [4.69, 9.17) is 9.72 Å². The number of benzene rings is 1. The highest BCUT2D eigenvalue weighted by molar-refractivity contribution is 5.99. The van der Waals surface area contributed by atoms with Crippen LogP contribution in [0.1, 0.15) is 58.4 Å². The molecule has 2 aromatic heterocycles. The molecule has 2 aliphatic heterocycles. The number of rotatable bonds is 5. The largest absolute Gasteiger partial charge is 0.376 e. The summed E-state index contributed by atoms with van der Waals surface area (Å²) in [7, 11) is 0. The summed E-state index contributed by atoms with van der Waals surface area (Å²) < 4.78 is 7.56. The van der Waals surface area contributed by atoms with E-state index in [1.165, 1.54) is 0 Å². The van der Waals surface area contributed by atoms with Crippen LogP contribution in [0.15, 0.2) is 54.7 Å². The molecule has 0 aliphatic carbocycles. The van der Waals surface area contributed by atoms with Crippen LogP contribution >= 0.6 is 0 Å². The number of imidazole rings is 1. The lowest BCUT2D eigenvalue weighted by molar-refractivity contribution is 0.0729. The minimum atomic E-state index is -0.204. The van der Waals surface area contributed by atoms with E-state index in [0.29, 0.717) is 24.3 Å². The van der Waals surface area contributed by atoms with Crippen molar-refractivity contribution in [2.75, 3.05) is 19.7 Å². The SMILES string of the molecule is O=C(NC[C@H]1CCCO1)c1nc([C@@H]2CCCN2C(=O)c2ccccc2)n2ccccc12. The van der Waals surface area contributed by atoms with Crippen molar-refractivity contribution >= 4 is 17.3 Å². The second-order valence-corrected chi connectivity index (χ2v) is 8.14. The fourth-order valence-corrected chi connectivity index (χ4v) is 4.58. The van der Waals surface area contributed by atoms with Crippen LogP contribution in [0.4, 0.5) is 0 Å². The van der Waals surface area contributed by atoms with E-state index in [1.807, 2.05) is 64.0 Å². The van der Waals surface area contributed by atoms with Crippen molar-refractivity contribution in [2.45, 2.75) is 37.8 Å². The number of fused-ring (bicyclic) bond motifs is 1. The Kier molecular flexibility index (Phi) is 5.42. The van der Waals surface area contributed by atoms with Crippen molar-refractivity contribution < 1.29 is 14.3 Å². The van der Waals surface area contributed by atoms with Crippen LogP contribution in [0.3, 0.4) is 0 Å². The standard InChI is InChI=1S/C24H26N4O3/c29-23(25-16-18-10-7-15-31-18)21-19-11-4-5-13-27(19)22(26-21)20-12-6-14-28(20)24(30)17-8-2-1-3-9-17/h1-5,8-9,11,13,18,20H,6-7,10,12,14-16H2,(H,25,29)/t18-,20+/m1/s1. The third kappa shape index (κ3) is 3.81. The molecule has 160 valence electrons. The van der Waals surface area contributed by atoms with E-state index in [2.05, 4.69) is 5.32 Å². The van der Waals surface area contributed by atoms with E-state index >= 15 is 0 Å². The third-order valence-electron chi connectivity index (χ3n) is 6.14. The summed E-state index contributed by atoms with van der Waals surface area (Å²) in [5.74, 6) is 0.532. The number of likely N-dealkylation sites (tertiary alicyclic amines) is 1. The maximum Gasteiger partial charge on any atom is 0.272 e. The Morgan fingerprint density at radius 3 is 2.71 bits per heavy atom. The number of amides is 2. The predicted octanol–water partition coefficient (Wildman–Crippen LogP) is 3.22. The molecule has 3 aromatic rings. The molecule has 2 saturated heterocycles. The Morgan fingerprint density at radius 2 is 1.90 bits per heavy atom. The zero-order chi connectivity index (χ0) is 21.2. The monoisotopic (exact) mass is 418 g/mol. The van der Waals surface area contributed by atoms with Gasteiger partial charge in [0.15, 0.2) is 5.69 Å². The summed E-state index contributed by atoms with van der Waals surface area (Å²) in [5.41, 5.74) is 1.82. The van der Waals surface area contributed by atoms with Crippen LogP contribution in [-0.4, -0.2) is 51.9 Å². The topological polar surface area (TPSA) is 75.9 Å². The highest BCUT2D eigenvalue weighted by Crippen LogP contribution is 2.33. The van der Waals surface area contributed by atoms with Gasteiger partial charge in [-0.25, -0.2) is 4.98 Å². The Labute approximate surface area is 181 Å². The summed E-state index contributed by atoms with van der Waals surface area (Å²) >= 11 is 0. The van der Waals surface area contributed by atoms with Gasteiger partial charge in [0.25, 0.3) is 11.8 Å². The number of nitrogens with zero attached hydrogens (tertiary/aromatic N) is 3. The number of hydrogen-bond acceptors (Lipinski definition) is 4. The van der Waals surface area contributed by atoms with Gasteiger partial charge in [0, 0.05) is 31.5 Å². The van der Waals surface area contributed by atoms with Crippen LogP contribution in [0.5, 0.6) is 0 Å². The van der Waals surface area contributed by atoms with E-state index in [9.17, 15) is 9.59 Å². The lowest BCUT2D eigenvalue weighted by Gasteiger charge is -2.24. The molecule has 7 heteroatoms. The third-order valence-corrected chi connectivity index (χ3v) is 6.14. The molecule has 1 N–H and O–H groups in total. The molecule has 0 spiro atoms. The number of hydrogen-bond donors (Lipinski definition) is 1. The molecule has 2 aliphatic rings. The number of carbonyl (C=O) groups is 2. The molecule has 0 radical (unpaired) electrons. The summed E-state index contributed by atoms with van der Waals surface area (Å²) in [4.78, 5) is 32.7. The summed E-state index contributed by atoms with van der Waals surface area (Å²) in [6, 6.07) is 14.9. The maximum absolute atomic E-state index is 13.2. The molecule has 5 rings (SSSR count). The molecule has 2 atom stereocenters. The lowest BCUT2D eigenvalue weighted by Crippen LogP contribution is -2.32. The molecule has 0 bridgehead atoms. The van der Waals surface area contributed by atoms with E-state index in [1.54, 1.807) is 0 Å². The van der Waals surface area contributed by atoms with Gasteiger partial charge in [0.05, 0.1) is 17.7 Å². The maximum atomic E-state index is 13.2. The average Bonchev–Trinajstić information content (AvgIpc) is 3.57. The van der Waals surface area contributed by atoms with Crippen LogP contribution in [0.25, 0.3) is 5.52 Å². The smallest absolute Gasteiger partial charge is 0.272 e. The number of carbonyl (C=O) groups excluding carboxylic acids is 2. The van der Waals surface area contributed by atoms with Gasteiger partial charge in [-0.2, -0.15) is 0 Å². The van der Waals surface area contributed by atoms with E-state index in [0.717, 1.165) is 43.6 Å². The first-order valence-electron chi connectivity index (χ1n) is 10.9. The second-order valence-electron chi connectivity index (χ2n) is 8.14. The van der Waals surface area contributed by atoms with Crippen LogP contribution < -0.4 is 5.32 Å². The fraction of sp³-hybridized carbons (Fsp3) is 0.375. The molecule has 7 nitrogen and oxygen atoms in total. The Hall–Kier alpha value is -3.19. The van der Waals surface area contributed by atoms with Crippen LogP contribution in [-0.2, 0) is 4.74 Å². The molecule has 4 heterocycles. The zero-order valence-electron chi connectivity index (χ0n) is 17.4. The van der Waals surface area contributed by atoms with Gasteiger partial charge in [-0.15, -0.1) is 0 Å². The van der Waals surface area contributed by atoms with Gasteiger partial charge in [0.2, 0.25) is 0 Å². The zero-order valence-corrected chi connectivity index (χ0v) is 17.4. The van der Waals surface area contributed by atoms with Gasteiger partial charge >= 0.3 is 0 Å². The summed E-state index contributed by atoms with van der Waals surface area (Å²) in [6.45, 7) is 1.92. The van der Waals surface area contributed by atoms with Crippen molar-refractivity contribution in [3.05, 3.63) is 71.8 Å². The Balaban J connectivity index is 1.44. The highest BCUT2D eigenvalue weighted by Gasteiger charge is 2.34. The molecule has 2 amide bonds. The first-order chi connectivity index (χ1) is 15.2. The van der Waals surface area contributed by atoms with Crippen molar-refractivity contribution in [3.8, 4) is 0 Å². The fourth-order valence-electron chi connectivity index (χ4n) is 4.58. The van der Waals surface area contributed by atoms with Crippen molar-refractivity contribution in [3.63, 3.8) is 0 Å². The number of pyridine rings is 1. The van der Waals surface area contributed by atoms with Gasteiger partial charge in [0.1, 0.15) is 5.82 Å². The Morgan fingerprint density at radius 1 is 1.06 bits per heavy atom. The van der Waals surface area contributed by atoms with Gasteiger partial charge in [-0.3, -0.25) is 9.59 Å². The number of ether oxygens (including phenoxy) is 1. The molecule has 1 aromatic carbocycles. The normalized spacial score (nSPS) is 21.0. The lowest BCUT2D eigenvalue weighted by atomic mass is 10.1. The first-order valence-corrected chi connectivity index (χ1v) is 10.9. The predicted molar refractivity (Wildman–Crippen MR) is 116 cm³/mol. The molecule has 0 unspecified atom stereocenters. The van der Waals surface area contributed by atoms with Gasteiger partial charge < -0.3 is 19.4 Å². The second kappa shape index (κ2) is 8.51. The summed E-state index contributed by atoms with van der Waals surface area (Å²) in [6.07, 6.45) is 5.72. The average molecular weight is 418 g/mol. The Bertz CT molecular complexity index is 1090. The van der Waals surface area contributed by atoms with Crippen molar-refractivity contribution in [2.24, 2.45) is 0 Å². The van der Waals surface area contributed by atoms with Crippen molar-refractivity contribution in [1.29, 1.82) is 0 Å². The van der Waals surface area contributed by atoms with Crippen molar-refractivity contribution in [1.82, 2.24) is 19.6 Å². The first kappa shape index (κ1) is 19.8. The highest BCUT2D eigenvalue weighted by atomic mass is 16.5. The minimum absolute atomic E-state index is 0.000153. The van der Waals surface area contributed by atoms with Crippen LogP contribution in [0, 0.1) is 0 Å². The minimum Gasteiger partial charge on any atom is -0.376 e. The molecule has 2 fully saturated rings. The van der Waals surface area contributed by atoms with E-state index in [-0.39, 0.29) is 24.0 Å². The molecular weight excluding hydrogens is 392 g/mol. The van der Waals surface area contributed by atoms with Gasteiger partial charge in [-0.05, 0) is 49.9 Å². The number of nitrogens with one attached hydrogen (secondary N) is 1. The van der Waals surface area contributed by atoms with Gasteiger partial charge in [-0.1, -0.05) is 24.3 Å². The quantitative estimate of drug-likeness (QED) is 0.690. The molecule has 0 saturated carbocycles. The van der Waals surface area contributed by atoms with Crippen LogP contribution in [0.2, 0.25) is 0 Å². The summed E-state index contributed by atoms with van der Waals surface area (Å²) in [5, 5.41) is 2.98. The molecular formula is C24H26N4O3.